The predicted molar refractivity (Wildman–Crippen MR) is 159 cm³/mol. The number of sulfonamides is 1. The van der Waals surface area contributed by atoms with Gasteiger partial charge in [0.1, 0.15) is 23.2 Å². The minimum Gasteiger partial charge on any atom is -0.460 e. The molecule has 13 nitrogen and oxygen atoms in total. The second kappa shape index (κ2) is 15.0. The van der Waals surface area contributed by atoms with Crippen molar-refractivity contribution in [3.63, 3.8) is 0 Å². The number of aryl methyl sites for hydroxylation is 1. The van der Waals surface area contributed by atoms with Gasteiger partial charge in [0.2, 0.25) is 21.8 Å². The first-order valence-electron chi connectivity index (χ1n) is 13.7. The van der Waals surface area contributed by atoms with Crippen molar-refractivity contribution in [2.24, 2.45) is 5.73 Å². The molecule has 1 aromatic heterocycles. The molecule has 4 N–H and O–H groups in total. The van der Waals surface area contributed by atoms with Gasteiger partial charge in [0, 0.05) is 12.1 Å². The molecule has 1 atom stereocenters. The molecule has 0 saturated heterocycles. The molecule has 0 radical (unpaired) electrons. The Kier molecular flexibility index (Phi) is 12.3. The first-order chi connectivity index (χ1) is 19.9. The second-order valence-corrected chi connectivity index (χ2v) is 13.3. The van der Waals surface area contributed by atoms with Crippen LogP contribution in [0, 0.1) is 0 Å². The number of hydrogen-bond acceptors (Lipinski definition) is 10. The number of anilines is 1. The van der Waals surface area contributed by atoms with Crippen LogP contribution < -0.4 is 15.8 Å². The van der Waals surface area contributed by atoms with Crippen LogP contribution in [0.15, 0.2) is 53.4 Å². The lowest BCUT2D eigenvalue weighted by Gasteiger charge is -2.31. The maximum absolute atomic E-state index is 13.4. The SMILES string of the molecule is CC(C)(C)OC(=O)C[C@H](NS(=O)(=O)c1ccccc1)N(C(=O)CN)C(=O)CCCc1cccc(NC(=O)OC(C)(C)C)n1. The molecule has 14 heteroatoms. The number of imide groups is 1. The summed E-state index contributed by atoms with van der Waals surface area (Å²) in [6.07, 6.45) is -2.61. The molecule has 0 unspecified atom stereocenters. The molecular weight excluding hydrogens is 578 g/mol. The van der Waals surface area contributed by atoms with Crippen molar-refractivity contribution in [3.8, 4) is 0 Å². The summed E-state index contributed by atoms with van der Waals surface area (Å²) in [7, 11) is -4.26. The summed E-state index contributed by atoms with van der Waals surface area (Å²) >= 11 is 0. The van der Waals surface area contributed by atoms with E-state index in [0.29, 0.717) is 10.6 Å². The van der Waals surface area contributed by atoms with Crippen molar-refractivity contribution < 1.29 is 37.1 Å². The first-order valence-corrected chi connectivity index (χ1v) is 15.2. The highest BCUT2D eigenvalue weighted by Gasteiger charge is 2.35. The molecule has 3 amide bonds. The Morgan fingerprint density at radius 2 is 1.53 bits per heavy atom. The van der Waals surface area contributed by atoms with Crippen LogP contribution in [0.2, 0.25) is 0 Å². The zero-order valence-corrected chi connectivity index (χ0v) is 26.2. The molecule has 0 aliphatic carbocycles. The number of hydrogen-bond donors (Lipinski definition) is 3. The largest absolute Gasteiger partial charge is 0.460 e. The van der Waals surface area contributed by atoms with Crippen molar-refractivity contribution in [2.45, 2.75) is 89.5 Å². The molecular formula is C29H41N5O8S. The van der Waals surface area contributed by atoms with E-state index in [-0.39, 0.29) is 30.0 Å². The third-order valence-electron chi connectivity index (χ3n) is 5.41. The van der Waals surface area contributed by atoms with Gasteiger partial charge < -0.3 is 15.2 Å². The van der Waals surface area contributed by atoms with Crippen molar-refractivity contribution in [1.82, 2.24) is 14.6 Å². The van der Waals surface area contributed by atoms with Gasteiger partial charge in [0.05, 0.1) is 17.9 Å². The number of carbonyl (C=O) groups excluding carboxylic acids is 4. The van der Waals surface area contributed by atoms with E-state index in [0.717, 1.165) is 0 Å². The van der Waals surface area contributed by atoms with Gasteiger partial charge in [-0.2, -0.15) is 4.72 Å². The fourth-order valence-corrected chi connectivity index (χ4v) is 4.99. The molecule has 0 bridgehead atoms. The van der Waals surface area contributed by atoms with Gasteiger partial charge in [-0.05, 0) is 78.6 Å². The number of esters is 1. The monoisotopic (exact) mass is 619 g/mol. The van der Waals surface area contributed by atoms with Crippen molar-refractivity contribution in [2.75, 3.05) is 11.9 Å². The smallest absolute Gasteiger partial charge is 0.413 e. The van der Waals surface area contributed by atoms with E-state index < -0.39 is 64.2 Å². The third-order valence-corrected chi connectivity index (χ3v) is 6.88. The summed E-state index contributed by atoms with van der Waals surface area (Å²) in [5.74, 6) is -2.20. The summed E-state index contributed by atoms with van der Waals surface area (Å²) in [5.41, 5.74) is 4.54. The molecule has 0 saturated carbocycles. The van der Waals surface area contributed by atoms with Gasteiger partial charge in [-0.1, -0.05) is 24.3 Å². The number of aromatic nitrogens is 1. The average Bonchev–Trinajstić information content (AvgIpc) is 2.87. The number of ether oxygens (including phenoxy) is 2. The number of pyridine rings is 1. The van der Waals surface area contributed by atoms with Gasteiger partial charge >= 0.3 is 12.1 Å². The Labute approximate surface area is 252 Å². The Morgan fingerprint density at radius 1 is 0.907 bits per heavy atom. The predicted octanol–water partition coefficient (Wildman–Crippen LogP) is 3.10. The van der Waals surface area contributed by atoms with Crippen molar-refractivity contribution in [3.05, 3.63) is 54.2 Å². The summed E-state index contributed by atoms with van der Waals surface area (Å²) in [5, 5.41) is 2.55. The van der Waals surface area contributed by atoms with Crippen LogP contribution in [0.5, 0.6) is 0 Å². The third kappa shape index (κ3) is 12.5. The quantitative estimate of drug-likeness (QED) is 0.235. The zero-order chi connectivity index (χ0) is 32.4. The molecule has 1 heterocycles. The number of nitrogens with one attached hydrogen (secondary N) is 2. The lowest BCUT2D eigenvalue weighted by molar-refractivity contribution is -0.158. The summed E-state index contributed by atoms with van der Waals surface area (Å²) < 4.78 is 39.2. The van der Waals surface area contributed by atoms with Gasteiger partial charge in [-0.25, -0.2) is 18.2 Å². The lowest BCUT2D eigenvalue weighted by atomic mass is 10.1. The van der Waals surface area contributed by atoms with Crippen LogP contribution in [0.1, 0.15) is 66.5 Å². The molecule has 0 aliphatic heterocycles. The van der Waals surface area contributed by atoms with E-state index in [9.17, 15) is 27.6 Å². The first kappa shape index (κ1) is 35.3. The molecule has 0 aliphatic rings. The van der Waals surface area contributed by atoms with Gasteiger partial charge in [0.25, 0.3) is 0 Å². The highest BCUT2D eigenvalue weighted by Crippen LogP contribution is 2.17. The van der Waals surface area contributed by atoms with E-state index >= 15 is 0 Å². The normalized spacial score (nSPS) is 12.6. The molecule has 43 heavy (non-hydrogen) atoms. The maximum atomic E-state index is 13.4. The number of rotatable bonds is 12. The highest BCUT2D eigenvalue weighted by atomic mass is 32.2. The van der Waals surface area contributed by atoms with E-state index in [1.165, 1.54) is 24.3 Å². The van der Waals surface area contributed by atoms with Crippen LogP contribution in [0.25, 0.3) is 0 Å². The Morgan fingerprint density at radius 3 is 2.12 bits per heavy atom. The number of carbonyl (C=O) groups is 4. The molecule has 0 spiro atoms. The second-order valence-electron chi connectivity index (χ2n) is 11.6. The van der Waals surface area contributed by atoms with Crippen LogP contribution in [0.3, 0.4) is 0 Å². The average molecular weight is 620 g/mol. The fourth-order valence-electron chi connectivity index (χ4n) is 3.80. The van der Waals surface area contributed by atoms with E-state index in [2.05, 4.69) is 15.0 Å². The fraction of sp³-hybridized carbons (Fsp3) is 0.483. The summed E-state index contributed by atoms with van der Waals surface area (Å²) in [6, 6.07) is 12.3. The van der Waals surface area contributed by atoms with E-state index in [1.54, 1.807) is 65.8 Å². The van der Waals surface area contributed by atoms with Crippen molar-refractivity contribution >= 4 is 39.7 Å². The standard InChI is InChI=1S/C29H41N5O8S/c1-28(2,3)41-26(37)18-23(33-43(39,40)21-14-8-7-9-15-21)34(25(36)19-30)24(35)17-11-13-20-12-10-16-22(31-20)32-27(38)42-29(4,5)6/h7-10,12,14-16,23,33H,11,13,17-19,30H2,1-6H3,(H,31,32,38)/t23-/m1/s1. The molecule has 0 fully saturated rings. The number of nitrogens with two attached hydrogens (primary N) is 1. The highest BCUT2D eigenvalue weighted by molar-refractivity contribution is 7.89. The number of nitrogens with zero attached hydrogens (tertiary/aromatic N) is 2. The Hall–Kier alpha value is -3.88. The van der Waals surface area contributed by atoms with Crippen LogP contribution in [-0.4, -0.2) is 66.1 Å². The lowest BCUT2D eigenvalue weighted by Crippen LogP contribution is -2.56. The Bertz CT molecular complexity index is 1390. The minimum absolute atomic E-state index is 0.122. The maximum Gasteiger partial charge on any atom is 0.413 e. The van der Waals surface area contributed by atoms with Gasteiger partial charge in [-0.15, -0.1) is 0 Å². The van der Waals surface area contributed by atoms with Gasteiger partial charge in [-0.3, -0.25) is 24.6 Å². The summed E-state index contributed by atoms with van der Waals surface area (Å²) in [4.78, 5) is 56.0. The molecule has 2 rings (SSSR count). The number of benzene rings is 1. The van der Waals surface area contributed by atoms with Crippen molar-refractivity contribution in [1.29, 1.82) is 0 Å². The van der Waals surface area contributed by atoms with Crippen LogP contribution in [0.4, 0.5) is 10.6 Å². The topological polar surface area (TPSA) is 187 Å². The minimum atomic E-state index is -4.26. The number of amides is 3. The molecule has 2 aromatic rings. The van der Waals surface area contributed by atoms with Gasteiger partial charge in [0.15, 0.2) is 0 Å². The van der Waals surface area contributed by atoms with E-state index in [1.807, 2.05) is 0 Å². The molecule has 1 aromatic carbocycles. The van der Waals surface area contributed by atoms with E-state index in [4.69, 9.17) is 15.2 Å². The van der Waals surface area contributed by atoms with Crippen LogP contribution >= 0.6 is 0 Å². The molecule has 236 valence electrons. The summed E-state index contributed by atoms with van der Waals surface area (Å²) in [6.45, 7) is 9.49. The van der Waals surface area contributed by atoms with Crippen LogP contribution in [-0.2, 0) is 40.3 Å². The Balaban J connectivity index is 2.23. The zero-order valence-electron chi connectivity index (χ0n) is 25.4.